The molecule has 0 bridgehead atoms. The number of nitrogens with two attached hydrogens (primary N) is 1. The fourth-order valence-electron chi connectivity index (χ4n) is 2.77. The largest absolute Gasteiger partial charge is 0.479 e. The van der Waals surface area contributed by atoms with E-state index in [0.29, 0.717) is 4.31 Å². The second-order valence-electron chi connectivity index (χ2n) is 6.08. The molecule has 3 unspecified atom stereocenters. The van der Waals surface area contributed by atoms with E-state index in [0.717, 1.165) is 11.3 Å². The molecule has 3 rings (SSSR count). The Bertz CT molecular complexity index is 1080. The molecule has 1 fully saturated rings. The molecule has 1 saturated heterocycles. The number of amides is 1. The summed E-state index contributed by atoms with van der Waals surface area (Å²) >= 11 is 0.982. The molecule has 18 heteroatoms. The second kappa shape index (κ2) is 8.89. The minimum atomic E-state index is -4.81. The molecule has 0 aliphatic carbocycles. The third kappa shape index (κ3) is 5.11. The second-order valence-corrected chi connectivity index (χ2v) is 8.29. The van der Waals surface area contributed by atoms with Crippen LogP contribution >= 0.6 is 11.3 Å². The Labute approximate surface area is 177 Å². The standard InChI is InChI=1S/C13H16N8O8S2/c14-13-17-6(3-30-13)9(19-29-2-8(22)23)11(24)18-10-7(1-20-5-15-4-16-20)21(12(10)25)31(26,27)28/h3-5,7,10,12,25H,1-2H2,(H2,14,17)(H,18,24)(H,22,23)(H,26,27,28). The van der Waals surface area contributed by atoms with Crippen LogP contribution in [0.2, 0.25) is 0 Å². The Morgan fingerprint density at radius 1 is 1.42 bits per heavy atom. The van der Waals surface area contributed by atoms with E-state index >= 15 is 0 Å². The summed E-state index contributed by atoms with van der Waals surface area (Å²) in [5.74, 6) is -2.30. The molecular formula is C13H16N8O8S2. The third-order valence-electron chi connectivity index (χ3n) is 4.05. The van der Waals surface area contributed by atoms with Crippen molar-refractivity contribution in [2.24, 2.45) is 5.16 Å². The Morgan fingerprint density at radius 3 is 2.71 bits per heavy atom. The summed E-state index contributed by atoms with van der Waals surface area (Å²) in [6.07, 6.45) is 0.669. The number of oxime groups is 1. The summed E-state index contributed by atoms with van der Waals surface area (Å²) in [6.45, 7) is -0.999. The van der Waals surface area contributed by atoms with Crippen LogP contribution in [0.3, 0.4) is 0 Å². The lowest BCUT2D eigenvalue weighted by molar-refractivity contribution is -0.142. The van der Waals surface area contributed by atoms with Gasteiger partial charge in [0.25, 0.3) is 5.91 Å². The summed E-state index contributed by atoms with van der Waals surface area (Å²) in [5.41, 5.74) is 5.07. The highest BCUT2D eigenvalue weighted by Gasteiger charge is 2.54. The van der Waals surface area contributed by atoms with Crippen molar-refractivity contribution in [3.05, 3.63) is 23.7 Å². The number of aliphatic hydroxyl groups excluding tert-OH is 1. The van der Waals surface area contributed by atoms with Gasteiger partial charge in [-0.3, -0.25) is 14.0 Å². The first-order valence-electron chi connectivity index (χ1n) is 8.28. The summed E-state index contributed by atoms with van der Waals surface area (Å²) in [4.78, 5) is 35.6. The predicted molar refractivity (Wildman–Crippen MR) is 102 cm³/mol. The van der Waals surface area contributed by atoms with E-state index < -0.39 is 52.8 Å². The minimum Gasteiger partial charge on any atom is -0.479 e. The maximum atomic E-state index is 12.8. The Kier molecular flexibility index (Phi) is 6.45. The van der Waals surface area contributed by atoms with E-state index in [1.807, 2.05) is 0 Å². The molecule has 2 aromatic rings. The van der Waals surface area contributed by atoms with Gasteiger partial charge in [-0.15, -0.1) is 15.6 Å². The fourth-order valence-corrected chi connectivity index (χ4v) is 4.27. The number of hydrogen-bond acceptors (Lipinski definition) is 12. The summed E-state index contributed by atoms with van der Waals surface area (Å²) in [6, 6.07) is -2.32. The first-order chi connectivity index (χ1) is 14.6. The Balaban J connectivity index is 1.82. The number of nitrogens with zero attached hydrogens (tertiary/aromatic N) is 6. The van der Waals surface area contributed by atoms with Crippen molar-refractivity contribution in [3.8, 4) is 0 Å². The number of hydrogen-bond donors (Lipinski definition) is 5. The number of anilines is 1. The molecule has 2 aromatic heterocycles. The highest BCUT2D eigenvalue weighted by molar-refractivity contribution is 7.83. The number of carboxylic acid groups (broad SMARTS) is 1. The summed E-state index contributed by atoms with van der Waals surface area (Å²) in [5, 5.41) is 30.0. The van der Waals surface area contributed by atoms with Gasteiger partial charge in [-0.25, -0.2) is 14.8 Å². The SMILES string of the molecule is Nc1nc(C(=NOCC(=O)O)C(=O)NC2C(O)N(S(=O)(=O)O)C2Cn2cncn2)cs1. The van der Waals surface area contributed by atoms with Crippen LogP contribution in [0.5, 0.6) is 0 Å². The van der Waals surface area contributed by atoms with Crippen molar-refractivity contribution in [2.45, 2.75) is 24.9 Å². The van der Waals surface area contributed by atoms with Gasteiger partial charge >= 0.3 is 16.3 Å². The molecule has 0 spiro atoms. The molecule has 16 nitrogen and oxygen atoms in total. The van der Waals surface area contributed by atoms with Crippen LogP contribution in [0.15, 0.2) is 23.2 Å². The quantitative estimate of drug-likeness (QED) is 0.139. The number of aromatic nitrogens is 4. The van der Waals surface area contributed by atoms with Gasteiger partial charge in [0.2, 0.25) is 6.61 Å². The van der Waals surface area contributed by atoms with Gasteiger partial charge < -0.3 is 26.1 Å². The molecule has 0 aromatic carbocycles. The lowest BCUT2D eigenvalue weighted by Crippen LogP contribution is -2.75. The highest BCUT2D eigenvalue weighted by atomic mass is 32.2. The van der Waals surface area contributed by atoms with Crippen LogP contribution in [0, 0.1) is 0 Å². The van der Waals surface area contributed by atoms with Gasteiger partial charge in [-0.2, -0.15) is 13.5 Å². The number of carbonyl (C=O) groups excluding carboxylic acids is 1. The first kappa shape index (κ1) is 22.5. The van der Waals surface area contributed by atoms with Gasteiger partial charge in [0, 0.05) is 5.38 Å². The average molecular weight is 476 g/mol. The molecule has 31 heavy (non-hydrogen) atoms. The van der Waals surface area contributed by atoms with Gasteiger partial charge in [-0.1, -0.05) is 5.16 Å². The maximum Gasteiger partial charge on any atom is 0.344 e. The number of nitrogen functional groups attached to an aromatic ring is 1. The zero-order valence-electron chi connectivity index (χ0n) is 15.3. The van der Waals surface area contributed by atoms with Crippen LogP contribution in [0.1, 0.15) is 5.69 Å². The van der Waals surface area contributed by atoms with E-state index in [1.165, 1.54) is 22.7 Å². The molecule has 1 amide bonds. The monoisotopic (exact) mass is 476 g/mol. The van der Waals surface area contributed by atoms with Crippen LogP contribution in [0.25, 0.3) is 0 Å². The smallest absolute Gasteiger partial charge is 0.344 e. The number of thiazole rings is 1. The van der Waals surface area contributed by atoms with Crippen LogP contribution in [-0.2, 0) is 31.3 Å². The van der Waals surface area contributed by atoms with Crippen molar-refractivity contribution in [3.63, 3.8) is 0 Å². The van der Waals surface area contributed by atoms with Crippen molar-refractivity contribution < 1.29 is 37.6 Å². The Morgan fingerprint density at radius 2 is 2.16 bits per heavy atom. The van der Waals surface area contributed by atoms with Crippen molar-refractivity contribution >= 4 is 44.4 Å². The number of carboxylic acids is 1. The molecule has 1 aliphatic rings. The minimum absolute atomic E-state index is 0.0290. The van der Waals surface area contributed by atoms with E-state index in [-0.39, 0.29) is 17.4 Å². The first-order valence-corrected chi connectivity index (χ1v) is 10.6. The van der Waals surface area contributed by atoms with Crippen LogP contribution in [0.4, 0.5) is 5.13 Å². The van der Waals surface area contributed by atoms with Gasteiger partial charge in [0.15, 0.2) is 10.8 Å². The lowest BCUT2D eigenvalue weighted by Gasteiger charge is -2.49. The zero-order valence-corrected chi connectivity index (χ0v) is 17.0. The van der Waals surface area contributed by atoms with Crippen molar-refractivity contribution in [1.29, 1.82) is 0 Å². The predicted octanol–water partition coefficient (Wildman–Crippen LogP) is -2.89. The number of carbonyl (C=O) groups is 2. The zero-order chi connectivity index (χ0) is 22.8. The number of nitrogens with one attached hydrogen (secondary N) is 1. The fraction of sp³-hybridized carbons (Fsp3) is 0.385. The van der Waals surface area contributed by atoms with Crippen molar-refractivity contribution in [2.75, 3.05) is 12.3 Å². The molecule has 3 atom stereocenters. The molecule has 0 saturated carbocycles. The van der Waals surface area contributed by atoms with Gasteiger partial charge in [0.1, 0.15) is 24.6 Å². The molecule has 3 heterocycles. The molecular weight excluding hydrogens is 460 g/mol. The summed E-state index contributed by atoms with van der Waals surface area (Å²) in [7, 11) is -4.81. The maximum absolute atomic E-state index is 12.8. The van der Waals surface area contributed by atoms with Crippen LogP contribution in [-0.4, -0.2) is 89.7 Å². The lowest BCUT2D eigenvalue weighted by atomic mass is 9.97. The van der Waals surface area contributed by atoms with Crippen molar-refractivity contribution in [1.82, 2.24) is 29.4 Å². The van der Waals surface area contributed by atoms with E-state index in [1.54, 1.807) is 0 Å². The molecule has 0 radical (unpaired) electrons. The Hall–Kier alpha value is -3.19. The van der Waals surface area contributed by atoms with Gasteiger partial charge in [-0.05, 0) is 0 Å². The highest BCUT2D eigenvalue weighted by Crippen LogP contribution is 2.29. The summed E-state index contributed by atoms with van der Waals surface area (Å²) < 4.78 is 34.2. The topological polar surface area (TPSA) is 235 Å². The van der Waals surface area contributed by atoms with E-state index in [9.17, 15) is 27.7 Å². The molecule has 6 N–H and O–H groups in total. The van der Waals surface area contributed by atoms with Gasteiger partial charge in [0.05, 0.1) is 18.6 Å². The normalized spacial score (nSPS) is 22.0. The van der Waals surface area contributed by atoms with E-state index in [2.05, 4.69) is 30.4 Å². The third-order valence-corrected chi connectivity index (χ3v) is 5.75. The number of aliphatic carboxylic acids is 1. The number of aliphatic hydroxyl groups is 1. The average Bonchev–Trinajstić information content (AvgIpc) is 3.33. The van der Waals surface area contributed by atoms with E-state index in [4.69, 9.17) is 10.8 Å². The van der Waals surface area contributed by atoms with Crippen LogP contribution < -0.4 is 11.1 Å². The molecule has 168 valence electrons. The molecule has 1 aliphatic heterocycles. The number of rotatable bonds is 9.